The van der Waals surface area contributed by atoms with Crippen molar-refractivity contribution in [3.63, 3.8) is 0 Å². The summed E-state index contributed by atoms with van der Waals surface area (Å²) in [5, 5.41) is 2.70. The van der Waals surface area contributed by atoms with Crippen LogP contribution < -0.4 is 11.1 Å². The summed E-state index contributed by atoms with van der Waals surface area (Å²) in [4.78, 5) is 21.9. The third kappa shape index (κ3) is 6.94. The highest BCUT2D eigenvalue weighted by atomic mass is 16.5. The minimum absolute atomic E-state index is 0.0841. The third-order valence-corrected chi connectivity index (χ3v) is 2.65. The second kappa shape index (κ2) is 6.00. The standard InChI is InChI=1S/C12H24N2O3/c1-9(15)14-8-12(4,5)17-7-6-11(2,3)10(13)16/h6-8H2,1-5H3,(H2,13,16)(H,14,15). The summed E-state index contributed by atoms with van der Waals surface area (Å²) >= 11 is 0. The molecule has 0 bridgehead atoms. The molecule has 0 spiro atoms. The van der Waals surface area contributed by atoms with E-state index in [2.05, 4.69) is 5.32 Å². The average Bonchev–Trinajstić information content (AvgIpc) is 2.14. The van der Waals surface area contributed by atoms with Gasteiger partial charge in [-0.1, -0.05) is 13.8 Å². The first kappa shape index (κ1) is 15.9. The molecule has 0 atom stereocenters. The molecule has 0 radical (unpaired) electrons. The Balaban J connectivity index is 4.02. The van der Waals surface area contributed by atoms with E-state index in [9.17, 15) is 9.59 Å². The van der Waals surface area contributed by atoms with Crippen LogP contribution in [0.3, 0.4) is 0 Å². The van der Waals surface area contributed by atoms with Crippen LogP contribution in [0.15, 0.2) is 0 Å². The number of hydrogen-bond donors (Lipinski definition) is 2. The minimum atomic E-state index is -0.565. The van der Waals surface area contributed by atoms with Crippen LogP contribution in [-0.4, -0.2) is 30.6 Å². The van der Waals surface area contributed by atoms with Gasteiger partial charge in [0.2, 0.25) is 11.8 Å². The van der Waals surface area contributed by atoms with Gasteiger partial charge in [-0.05, 0) is 20.3 Å². The van der Waals surface area contributed by atoms with Crippen molar-refractivity contribution < 1.29 is 14.3 Å². The molecule has 0 aromatic rings. The molecule has 0 fully saturated rings. The van der Waals surface area contributed by atoms with E-state index in [0.717, 1.165) is 0 Å². The van der Waals surface area contributed by atoms with Gasteiger partial charge in [0.1, 0.15) is 0 Å². The number of nitrogens with two attached hydrogens (primary N) is 1. The molecule has 0 aliphatic carbocycles. The highest BCUT2D eigenvalue weighted by Gasteiger charge is 2.26. The van der Waals surface area contributed by atoms with E-state index in [-0.39, 0.29) is 11.8 Å². The summed E-state index contributed by atoms with van der Waals surface area (Å²) in [7, 11) is 0. The van der Waals surface area contributed by atoms with E-state index >= 15 is 0 Å². The maximum absolute atomic E-state index is 11.1. The molecular weight excluding hydrogens is 220 g/mol. The number of nitrogens with one attached hydrogen (secondary N) is 1. The molecule has 0 aliphatic heterocycles. The van der Waals surface area contributed by atoms with Gasteiger partial charge in [-0.3, -0.25) is 9.59 Å². The van der Waals surface area contributed by atoms with Crippen molar-refractivity contribution >= 4 is 11.8 Å². The quantitative estimate of drug-likeness (QED) is 0.695. The van der Waals surface area contributed by atoms with E-state index in [1.165, 1.54) is 6.92 Å². The number of amides is 2. The molecule has 5 heteroatoms. The van der Waals surface area contributed by atoms with Crippen LogP contribution in [0, 0.1) is 5.41 Å². The monoisotopic (exact) mass is 244 g/mol. The molecule has 0 saturated heterocycles. The molecule has 17 heavy (non-hydrogen) atoms. The maximum atomic E-state index is 11.1. The lowest BCUT2D eigenvalue weighted by Gasteiger charge is -2.28. The van der Waals surface area contributed by atoms with Crippen molar-refractivity contribution in [3.8, 4) is 0 Å². The maximum Gasteiger partial charge on any atom is 0.223 e. The Labute approximate surface area is 103 Å². The van der Waals surface area contributed by atoms with Gasteiger partial charge in [0.25, 0.3) is 0 Å². The summed E-state index contributed by atoms with van der Waals surface area (Å²) in [6.45, 7) is 9.70. The Kier molecular flexibility index (Phi) is 5.61. The molecule has 0 aromatic carbocycles. The zero-order valence-corrected chi connectivity index (χ0v) is 11.4. The smallest absolute Gasteiger partial charge is 0.223 e. The van der Waals surface area contributed by atoms with Gasteiger partial charge >= 0.3 is 0 Å². The Morgan fingerprint density at radius 3 is 2.18 bits per heavy atom. The van der Waals surface area contributed by atoms with Crippen LogP contribution in [0.25, 0.3) is 0 Å². The van der Waals surface area contributed by atoms with Gasteiger partial charge in [-0.2, -0.15) is 0 Å². The summed E-state index contributed by atoms with van der Waals surface area (Å²) in [6, 6.07) is 0. The normalized spacial score (nSPS) is 12.3. The predicted octanol–water partition coefficient (Wildman–Crippen LogP) is 0.819. The lowest BCUT2D eigenvalue weighted by atomic mass is 9.89. The molecule has 3 N–H and O–H groups in total. The molecule has 2 amide bonds. The number of primary amides is 1. The van der Waals surface area contributed by atoms with E-state index in [1.807, 2.05) is 13.8 Å². The topological polar surface area (TPSA) is 81.4 Å². The zero-order valence-electron chi connectivity index (χ0n) is 11.4. The van der Waals surface area contributed by atoms with Gasteiger partial charge in [0.15, 0.2) is 0 Å². The Hall–Kier alpha value is -1.10. The summed E-state index contributed by atoms with van der Waals surface area (Å²) < 4.78 is 5.64. The van der Waals surface area contributed by atoms with Crippen LogP contribution in [0.4, 0.5) is 0 Å². The first-order valence-electron chi connectivity index (χ1n) is 5.75. The van der Waals surface area contributed by atoms with Crippen LogP contribution >= 0.6 is 0 Å². The van der Waals surface area contributed by atoms with Crippen molar-refractivity contribution in [1.82, 2.24) is 5.32 Å². The van der Waals surface area contributed by atoms with Gasteiger partial charge in [0.05, 0.1) is 5.60 Å². The van der Waals surface area contributed by atoms with Crippen LogP contribution in [0.1, 0.15) is 41.0 Å². The Bertz CT molecular complexity index is 285. The van der Waals surface area contributed by atoms with Crippen molar-refractivity contribution in [2.75, 3.05) is 13.2 Å². The van der Waals surface area contributed by atoms with Crippen molar-refractivity contribution in [3.05, 3.63) is 0 Å². The fourth-order valence-corrected chi connectivity index (χ4v) is 1.09. The fourth-order valence-electron chi connectivity index (χ4n) is 1.09. The summed E-state index contributed by atoms with van der Waals surface area (Å²) in [6.07, 6.45) is 0.561. The number of ether oxygens (including phenoxy) is 1. The Morgan fingerprint density at radius 2 is 1.76 bits per heavy atom. The second-order valence-corrected chi connectivity index (χ2v) is 5.52. The Morgan fingerprint density at radius 1 is 1.24 bits per heavy atom. The van der Waals surface area contributed by atoms with E-state index in [4.69, 9.17) is 10.5 Å². The average molecular weight is 244 g/mol. The zero-order chi connectivity index (χ0) is 13.7. The van der Waals surface area contributed by atoms with Gasteiger partial charge in [-0.15, -0.1) is 0 Å². The predicted molar refractivity (Wildman–Crippen MR) is 66.3 cm³/mol. The number of rotatable bonds is 7. The van der Waals surface area contributed by atoms with Crippen LogP contribution in [0.2, 0.25) is 0 Å². The number of carbonyl (C=O) groups excluding carboxylic acids is 2. The molecule has 5 nitrogen and oxygen atoms in total. The highest BCUT2D eigenvalue weighted by Crippen LogP contribution is 2.20. The molecule has 0 heterocycles. The summed E-state index contributed by atoms with van der Waals surface area (Å²) in [5.41, 5.74) is 4.26. The lowest BCUT2D eigenvalue weighted by Crippen LogP contribution is -2.41. The molecule has 0 aliphatic rings. The van der Waals surface area contributed by atoms with Crippen molar-refractivity contribution in [1.29, 1.82) is 0 Å². The van der Waals surface area contributed by atoms with Crippen molar-refractivity contribution in [2.45, 2.75) is 46.6 Å². The molecule has 0 saturated carbocycles. The molecule has 0 unspecified atom stereocenters. The second-order valence-electron chi connectivity index (χ2n) is 5.52. The third-order valence-electron chi connectivity index (χ3n) is 2.65. The summed E-state index contributed by atoms with van der Waals surface area (Å²) in [5.74, 6) is -0.417. The fraction of sp³-hybridized carbons (Fsp3) is 0.833. The van der Waals surface area contributed by atoms with E-state index in [1.54, 1.807) is 13.8 Å². The molecule has 100 valence electrons. The minimum Gasteiger partial charge on any atom is -0.374 e. The number of carbonyl (C=O) groups is 2. The largest absolute Gasteiger partial charge is 0.374 e. The molecule has 0 rings (SSSR count). The molecule has 0 aromatic heterocycles. The van der Waals surface area contributed by atoms with Gasteiger partial charge in [-0.25, -0.2) is 0 Å². The first-order valence-corrected chi connectivity index (χ1v) is 5.75. The van der Waals surface area contributed by atoms with Crippen LogP contribution in [-0.2, 0) is 14.3 Å². The first-order chi connectivity index (χ1) is 7.57. The molecular formula is C12H24N2O3. The van der Waals surface area contributed by atoms with E-state index < -0.39 is 11.0 Å². The lowest BCUT2D eigenvalue weighted by molar-refractivity contribution is -0.128. The van der Waals surface area contributed by atoms with E-state index in [0.29, 0.717) is 19.6 Å². The van der Waals surface area contributed by atoms with Crippen LogP contribution in [0.5, 0.6) is 0 Å². The van der Waals surface area contributed by atoms with Crippen molar-refractivity contribution in [2.24, 2.45) is 11.1 Å². The highest BCUT2D eigenvalue weighted by molar-refractivity contribution is 5.79. The van der Waals surface area contributed by atoms with Gasteiger partial charge < -0.3 is 15.8 Å². The SMILES string of the molecule is CC(=O)NCC(C)(C)OCCC(C)(C)C(N)=O. The van der Waals surface area contributed by atoms with Gasteiger partial charge in [0, 0.05) is 25.5 Å². The number of hydrogen-bond acceptors (Lipinski definition) is 3.